The molecule has 0 saturated carbocycles. The highest BCUT2D eigenvalue weighted by Gasteiger charge is 2.40. The number of halogens is 2. The summed E-state index contributed by atoms with van der Waals surface area (Å²) in [5.41, 5.74) is 0.128. The van der Waals surface area contributed by atoms with Crippen LogP contribution in [0.3, 0.4) is 0 Å². The van der Waals surface area contributed by atoms with Crippen LogP contribution in [0.5, 0.6) is 0 Å². The highest BCUT2D eigenvalue weighted by Crippen LogP contribution is 2.41. The van der Waals surface area contributed by atoms with Gasteiger partial charge in [-0.15, -0.1) is 0 Å². The number of cyclic esters (lactones) is 1. The monoisotopic (exact) mass is 415 g/mol. The van der Waals surface area contributed by atoms with Gasteiger partial charge in [-0.05, 0) is 12.8 Å². The van der Waals surface area contributed by atoms with E-state index in [1.54, 1.807) is 0 Å². The molecule has 1 amide bonds. The first kappa shape index (κ1) is 19.7. The Morgan fingerprint density at radius 1 is 1.32 bits per heavy atom. The summed E-state index contributed by atoms with van der Waals surface area (Å²) in [6.07, 6.45) is -0.546. The number of amides is 1. The van der Waals surface area contributed by atoms with E-state index in [4.69, 9.17) is 4.74 Å². The van der Waals surface area contributed by atoms with Crippen LogP contribution >= 0.6 is 11.8 Å². The summed E-state index contributed by atoms with van der Waals surface area (Å²) >= 11 is 1.83. The molecule has 3 fully saturated rings. The summed E-state index contributed by atoms with van der Waals surface area (Å²) in [4.78, 5) is 15.2. The van der Waals surface area contributed by atoms with Crippen LogP contribution in [0.2, 0.25) is 0 Å². The first-order valence-corrected chi connectivity index (χ1v) is 10.4. The molecule has 2 bridgehead atoms. The normalized spacial score (nSPS) is 28.0. The lowest BCUT2D eigenvalue weighted by molar-refractivity contribution is -0.0998. The van der Waals surface area contributed by atoms with Gasteiger partial charge >= 0.3 is 6.09 Å². The van der Waals surface area contributed by atoms with Crippen LogP contribution in [0.4, 0.5) is 25.0 Å². The second-order valence-corrected chi connectivity index (χ2v) is 8.28. The smallest absolute Gasteiger partial charge is 0.414 e. The molecule has 0 radical (unpaired) electrons. The van der Waals surface area contributed by atoms with Crippen molar-refractivity contribution < 1.29 is 28.2 Å². The predicted octanol–water partition coefficient (Wildman–Crippen LogP) is 1.89. The number of aliphatic hydroxyl groups excluding tert-OH is 1. The number of nitrogens with one attached hydrogen (secondary N) is 1. The average molecular weight is 415 g/mol. The van der Waals surface area contributed by atoms with Crippen molar-refractivity contribution in [1.82, 2.24) is 5.32 Å². The van der Waals surface area contributed by atoms with Crippen molar-refractivity contribution in [3.63, 3.8) is 0 Å². The summed E-state index contributed by atoms with van der Waals surface area (Å²) in [7, 11) is 1.32. The fourth-order valence-electron chi connectivity index (χ4n) is 4.10. The summed E-state index contributed by atoms with van der Waals surface area (Å²) in [6.45, 7) is 0.265. The molecular weight excluding hydrogens is 392 g/mol. The van der Waals surface area contributed by atoms with Gasteiger partial charge in [0.15, 0.2) is 11.6 Å². The van der Waals surface area contributed by atoms with Crippen molar-refractivity contribution in [2.24, 2.45) is 0 Å². The minimum absolute atomic E-state index is 0.00514. The number of ether oxygens (including phenoxy) is 2. The molecule has 2 N–H and O–H groups in total. The summed E-state index contributed by atoms with van der Waals surface area (Å²) < 4.78 is 39.7. The third-order valence-electron chi connectivity index (χ3n) is 5.43. The van der Waals surface area contributed by atoms with Crippen LogP contribution in [0, 0.1) is 11.6 Å². The molecule has 0 aromatic heterocycles. The van der Waals surface area contributed by atoms with Crippen molar-refractivity contribution in [2.75, 3.05) is 41.5 Å². The fraction of sp³-hybridized carbons (Fsp3) is 0.611. The van der Waals surface area contributed by atoms with Gasteiger partial charge in [-0.2, -0.15) is 11.8 Å². The standard InChI is InChI=1S/C18H23F2N3O4S/c1-26-17(24)21-6-13-7-22(18(25)27-13)12-4-14(19)16(15(20)5-12)23-10-2-3-11(23)9-28-8-10/h4-5,10-11,13,17,21,24H,2-3,6-9H2,1H3/t10?,11?,13-,17?/m0/s1. The van der Waals surface area contributed by atoms with Gasteiger partial charge in [0.1, 0.15) is 11.8 Å². The van der Waals surface area contributed by atoms with E-state index in [2.05, 4.69) is 10.1 Å². The molecule has 154 valence electrons. The number of fused-ring (bicyclic) bond motifs is 2. The highest BCUT2D eigenvalue weighted by atomic mass is 32.2. The third kappa shape index (κ3) is 3.66. The lowest BCUT2D eigenvalue weighted by Crippen LogP contribution is -2.43. The van der Waals surface area contributed by atoms with E-state index >= 15 is 0 Å². The Bertz CT molecular complexity index is 717. The third-order valence-corrected chi connectivity index (χ3v) is 6.67. The van der Waals surface area contributed by atoms with E-state index in [1.165, 1.54) is 24.1 Å². The van der Waals surface area contributed by atoms with E-state index in [1.807, 2.05) is 16.7 Å². The summed E-state index contributed by atoms with van der Waals surface area (Å²) in [6, 6.07) is 2.69. The quantitative estimate of drug-likeness (QED) is 0.688. The minimum Gasteiger partial charge on any atom is -0.443 e. The zero-order valence-corrected chi connectivity index (χ0v) is 16.3. The zero-order valence-electron chi connectivity index (χ0n) is 15.4. The van der Waals surface area contributed by atoms with Crippen molar-refractivity contribution >= 4 is 29.2 Å². The second kappa shape index (κ2) is 8.02. The van der Waals surface area contributed by atoms with Gasteiger partial charge in [-0.25, -0.2) is 13.6 Å². The number of aliphatic hydroxyl groups is 1. The molecular formula is C18H23F2N3O4S. The largest absolute Gasteiger partial charge is 0.443 e. The maximum atomic E-state index is 14.9. The van der Waals surface area contributed by atoms with E-state index in [-0.39, 0.29) is 36.5 Å². The fourth-order valence-corrected chi connectivity index (χ4v) is 5.44. The molecule has 28 heavy (non-hydrogen) atoms. The topological polar surface area (TPSA) is 74.3 Å². The maximum absolute atomic E-state index is 14.9. The van der Waals surface area contributed by atoms with Gasteiger partial charge in [0.2, 0.25) is 6.41 Å². The van der Waals surface area contributed by atoms with Crippen LogP contribution in [-0.2, 0) is 9.47 Å². The molecule has 1 aromatic rings. The van der Waals surface area contributed by atoms with Gasteiger partial charge in [0.05, 0.1) is 12.2 Å². The number of methoxy groups -OCH3 is 1. The Kier molecular flexibility index (Phi) is 5.64. The summed E-state index contributed by atoms with van der Waals surface area (Å²) in [5.74, 6) is 0.417. The Balaban J connectivity index is 1.51. The number of benzene rings is 1. The van der Waals surface area contributed by atoms with Gasteiger partial charge in [-0.3, -0.25) is 10.2 Å². The molecule has 0 aliphatic carbocycles. The highest BCUT2D eigenvalue weighted by molar-refractivity contribution is 7.99. The van der Waals surface area contributed by atoms with Crippen molar-refractivity contribution in [3.8, 4) is 0 Å². The molecule has 4 rings (SSSR count). The van der Waals surface area contributed by atoms with Crippen molar-refractivity contribution in [3.05, 3.63) is 23.8 Å². The van der Waals surface area contributed by atoms with E-state index in [0.717, 1.165) is 24.3 Å². The first-order chi connectivity index (χ1) is 13.5. The molecule has 1 aromatic carbocycles. The van der Waals surface area contributed by atoms with Crippen molar-refractivity contribution in [2.45, 2.75) is 37.4 Å². The molecule has 4 atom stereocenters. The molecule has 3 unspecified atom stereocenters. The zero-order chi connectivity index (χ0) is 19.8. The predicted molar refractivity (Wildman–Crippen MR) is 102 cm³/mol. The van der Waals surface area contributed by atoms with Gasteiger partial charge < -0.3 is 19.5 Å². The van der Waals surface area contributed by atoms with Crippen LogP contribution < -0.4 is 15.1 Å². The molecule has 3 heterocycles. The molecule has 3 aliphatic rings. The Morgan fingerprint density at radius 3 is 2.57 bits per heavy atom. The number of rotatable bonds is 6. The van der Waals surface area contributed by atoms with Gasteiger partial charge in [0, 0.05) is 49.4 Å². The van der Waals surface area contributed by atoms with Gasteiger partial charge in [0.25, 0.3) is 0 Å². The molecule has 0 spiro atoms. The lowest BCUT2D eigenvalue weighted by Gasteiger charge is -2.37. The van der Waals surface area contributed by atoms with Crippen LogP contribution in [0.25, 0.3) is 0 Å². The lowest BCUT2D eigenvalue weighted by atomic mass is 10.2. The number of hydrogen-bond donors (Lipinski definition) is 2. The van der Waals surface area contributed by atoms with E-state index < -0.39 is 30.2 Å². The Labute approximate surface area is 165 Å². The van der Waals surface area contributed by atoms with Crippen LogP contribution in [-0.4, -0.2) is 67.5 Å². The Hall–Kier alpha value is -1.62. The number of nitrogens with zero attached hydrogens (tertiary/aromatic N) is 2. The maximum Gasteiger partial charge on any atom is 0.414 e. The Morgan fingerprint density at radius 2 is 1.96 bits per heavy atom. The molecule has 10 heteroatoms. The number of anilines is 2. The number of thioether (sulfide) groups is 1. The molecule has 3 aliphatic heterocycles. The van der Waals surface area contributed by atoms with Crippen LogP contribution in [0.15, 0.2) is 12.1 Å². The number of hydrogen-bond acceptors (Lipinski definition) is 7. The molecule has 7 nitrogen and oxygen atoms in total. The van der Waals surface area contributed by atoms with Gasteiger partial charge in [-0.1, -0.05) is 0 Å². The number of carbonyl (C=O) groups is 1. The SMILES string of the molecule is COC(O)NC[C@H]1CN(c2cc(F)c(N3C4CCC3CSC4)c(F)c2)C(=O)O1. The van der Waals surface area contributed by atoms with Crippen LogP contribution in [0.1, 0.15) is 12.8 Å². The average Bonchev–Trinajstić information content (AvgIpc) is 3.14. The van der Waals surface area contributed by atoms with Crippen molar-refractivity contribution in [1.29, 1.82) is 0 Å². The van der Waals surface area contributed by atoms with E-state index in [9.17, 15) is 18.7 Å². The number of carbonyl (C=O) groups excluding carboxylic acids is 1. The first-order valence-electron chi connectivity index (χ1n) is 9.25. The second-order valence-electron chi connectivity index (χ2n) is 7.20. The molecule has 3 saturated heterocycles. The van der Waals surface area contributed by atoms with E-state index in [0.29, 0.717) is 0 Å². The summed E-state index contributed by atoms with van der Waals surface area (Å²) in [5, 5.41) is 12.0. The minimum atomic E-state index is -1.18.